The zero-order valence-electron chi connectivity index (χ0n) is 17.2. The molecule has 1 aliphatic rings. The Bertz CT molecular complexity index is 939. The van der Waals surface area contributed by atoms with Crippen molar-refractivity contribution in [1.29, 1.82) is 0 Å². The van der Waals surface area contributed by atoms with Gasteiger partial charge >= 0.3 is 0 Å². The van der Waals surface area contributed by atoms with E-state index < -0.39 is 10.0 Å². The molecular weight excluding hydrogens is 394 g/mol. The van der Waals surface area contributed by atoms with Crippen molar-refractivity contribution >= 4 is 15.9 Å². The molecule has 158 valence electrons. The number of amides is 1. The number of sulfonamides is 1. The van der Waals surface area contributed by atoms with Gasteiger partial charge in [0.15, 0.2) is 12.4 Å². The third-order valence-electron chi connectivity index (χ3n) is 5.07. The van der Waals surface area contributed by atoms with Crippen LogP contribution < -0.4 is 4.74 Å². The lowest BCUT2D eigenvalue weighted by molar-refractivity contribution is -0.134. The molecule has 1 aliphatic heterocycles. The van der Waals surface area contributed by atoms with Crippen molar-refractivity contribution in [3.8, 4) is 5.75 Å². The first-order chi connectivity index (χ1) is 13.7. The van der Waals surface area contributed by atoms with Crippen molar-refractivity contribution in [1.82, 2.24) is 14.4 Å². The van der Waals surface area contributed by atoms with Crippen LogP contribution in [-0.2, 0) is 14.8 Å². The molecule has 2 aromatic rings. The summed E-state index contributed by atoms with van der Waals surface area (Å²) in [6.45, 7) is 8.43. The monoisotopic (exact) mass is 421 g/mol. The van der Waals surface area contributed by atoms with E-state index >= 15 is 0 Å². The number of hydrogen-bond acceptors (Lipinski definition) is 6. The minimum atomic E-state index is -3.69. The third kappa shape index (κ3) is 4.62. The second-order valence-corrected chi connectivity index (χ2v) is 9.33. The SMILES string of the molecule is Cc1noc(C)c1S(=O)(=O)N1CCN(C(=O)COc2ccc(C(C)C)cc2)CC1. The smallest absolute Gasteiger partial charge is 0.260 e. The van der Waals surface area contributed by atoms with Gasteiger partial charge in [0.05, 0.1) is 0 Å². The van der Waals surface area contributed by atoms with Gasteiger partial charge in [-0.2, -0.15) is 4.31 Å². The average Bonchev–Trinajstić information content (AvgIpc) is 3.05. The Morgan fingerprint density at radius 3 is 2.28 bits per heavy atom. The molecule has 8 nitrogen and oxygen atoms in total. The molecular formula is C20H27N3O5S. The van der Waals surface area contributed by atoms with E-state index in [4.69, 9.17) is 9.26 Å². The van der Waals surface area contributed by atoms with Crippen LogP contribution in [0.5, 0.6) is 5.75 Å². The molecule has 9 heteroatoms. The Labute approximate surface area is 171 Å². The molecule has 29 heavy (non-hydrogen) atoms. The summed E-state index contributed by atoms with van der Waals surface area (Å²) in [6.07, 6.45) is 0. The van der Waals surface area contributed by atoms with Gasteiger partial charge in [-0.1, -0.05) is 31.1 Å². The normalized spacial score (nSPS) is 15.7. The zero-order valence-corrected chi connectivity index (χ0v) is 18.0. The lowest BCUT2D eigenvalue weighted by Crippen LogP contribution is -2.51. The maximum atomic E-state index is 12.9. The fraction of sp³-hybridized carbons (Fsp3) is 0.500. The van der Waals surface area contributed by atoms with E-state index in [9.17, 15) is 13.2 Å². The number of nitrogens with zero attached hydrogens (tertiary/aromatic N) is 3. The highest BCUT2D eigenvalue weighted by molar-refractivity contribution is 7.89. The molecule has 1 aromatic heterocycles. The van der Waals surface area contributed by atoms with Crippen molar-refractivity contribution in [3.05, 3.63) is 41.3 Å². The molecule has 0 atom stereocenters. The summed E-state index contributed by atoms with van der Waals surface area (Å²) in [4.78, 5) is 14.2. The molecule has 0 N–H and O–H groups in total. The third-order valence-corrected chi connectivity index (χ3v) is 7.21. The largest absolute Gasteiger partial charge is 0.484 e. The number of benzene rings is 1. The molecule has 1 fully saturated rings. The Kier molecular flexibility index (Phi) is 6.28. The first kappa shape index (κ1) is 21.3. The van der Waals surface area contributed by atoms with E-state index in [2.05, 4.69) is 19.0 Å². The van der Waals surface area contributed by atoms with Crippen molar-refractivity contribution in [3.63, 3.8) is 0 Å². The van der Waals surface area contributed by atoms with Gasteiger partial charge in [-0.15, -0.1) is 0 Å². The number of piperazine rings is 1. The van der Waals surface area contributed by atoms with Gasteiger partial charge < -0.3 is 14.2 Å². The van der Waals surface area contributed by atoms with Gasteiger partial charge in [0.1, 0.15) is 16.3 Å². The summed E-state index contributed by atoms with van der Waals surface area (Å²) < 4.78 is 37.7. The Balaban J connectivity index is 1.54. The summed E-state index contributed by atoms with van der Waals surface area (Å²) in [5.74, 6) is 1.19. The number of carbonyl (C=O) groups is 1. The predicted octanol–water partition coefficient (Wildman–Crippen LogP) is 2.33. The van der Waals surface area contributed by atoms with Gasteiger partial charge in [-0.05, 0) is 37.5 Å². The topological polar surface area (TPSA) is 93.0 Å². The summed E-state index contributed by atoms with van der Waals surface area (Å²) in [5, 5.41) is 3.73. The van der Waals surface area contributed by atoms with E-state index in [1.807, 2.05) is 24.3 Å². The van der Waals surface area contributed by atoms with Gasteiger partial charge in [0, 0.05) is 26.2 Å². The summed E-state index contributed by atoms with van der Waals surface area (Å²) in [6, 6.07) is 7.69. The fourth-order valence-corrected chi connectivity index (χ4v) is 5.05. The molecule has 0 spiro atoms. The quantitative estimate of drug-likeness (QED) is 0.711. The van der Waals surface area contributed by atoms with Gasteiger partial charge in [0.25, 0.3) is 5.91 Å². The number of aryl methyl sites for hydroxylation is 2. The number of rotatable bonds is 6. The van der Waals surface area contributed by atoms with E-state index in [0.717, 1.165) is 0 Å². The fourth-order valence-electron chi connectivity index (χ4n) is 3.34. The molecule has 0 bridgehead atoms. The lowest BCUT2D eigenvalue weighted by atomic mass is 10.0. The summed E-state index contributed by atoms with van der Waals surface area (Å²) in [7, 11) is -3.69. The minimum Gasteiger partial charge on any atom is -0.484 e. The molecule has 0 unspecified atom stereocenters. The van der Waals surface area contributed by atoms with Crippen LogP contribution in [0.3, 0.4) is 0 Å². The summed E-state index contributed by atoms with van der Waals surface area (Å²) >= 11 is 0. The molecule has 1 aromatic carbocycles. The standard InChI is InChI=1S/C20H27N3O5S/c1-14(2)17-5-7-18(8-6-17)27-13-19(24)22-9-11-23(12-10-22)29(25,26)20-15(3)21-28-16(20)4/h5-8,14H,9-13H2,1-4H3. The highest BCUT2D eigenvalue weighted by atomic mass is 32.2. The van der Waals surface area contributed by atoms with Crippen LogP contribution in [0.25, 0.3) is 0 Å². The van der Waals surface area contributed by atoms with Crippen LogP contribution in [0, 0.1) is 13.8 Å². The summed E-state index contributed by atoms with van der Waals surface area (Å²) in [5.41, 5.74) is 1.55. The van der Waals surface area contributed by atoms with Gasteiger partial charge in [0.2, 0.25) is 10.0 Å². The first-order valence-electron chi connectivity index (χ1n) is 9.63. The van der Waals surface area contributed by atoms with E-state index in [-0.39, 0.29) is 36.3 Å². The molecule has 3 rings (SSSR count). The van der Waals surface area contributed by atoms with Crippen LogP contribution >= 0.6 is 0 Å². The van der Waals surface area contributed by atoms with Crippen molar-refractivity contribution in [2.75, 3.05) is 32.8 Å². The Morgan fingerprint density at radius 1 is 1.14 bits per heavy atom. The van der Waals surface area contributed by atoms with E-state index in [1.165, 1.54) is 9.87 Å². The van der Waals surface area contributed by atoms with E-state index in [0.29, 0.717) is 30.5 Å². The molecule has 0 radical (unpaired) electrons. The van der Waals surface area contributed by atoms with Crippen LogP contribution in [-0.4, -0.2) is 61.5 Å². The average molecular weight is 422 g/mol. The van der Waals surface area contributed by atoms with E-state index in [1.54, 1.807) is 18.7 Å². The molecule has 2 heterocycles. The Morgan fingerprint density at radius 2 is 1.76 bits per heavy atom. The van der Waals surface area contributed by atoms with Gasteiger partial charge in [-0.3, -0.25) is 4.79 Å². The highest BCUT2D eigenvalue weighted by Crippen LogP contribution is 2.24. The number of ether oxygens (including phenoxy) is 1. The minimum absolute atomic E-state index is 0.0718. The number of aromatic nitrogens is 1. The predicted molar refractivity (Wildman–Crippen MR) is 107 cm³/mol. The zero-order chi connectivity index (χ0) is 21.2. The number of carbonyl (C=O) groups excluding carboxylic acids is 1. The maximum Gasteiger partial charge on any atom is 0.260 e. The van der Waals surface area contributed by atoms with Crippen LogP contribution in [0.1, 0.15) is 36.8 Å². The molecule has 1 amide bonds. The second-order valence-electron chi connectivity index (χ2n) is 7.45. The first-order valence-corrected chi connectivity index (χ1v) is 11.1. The molecule has 0 aliphatic carbocycles. The molecule has 0 saturated carbocycles. The van der Waals surface area contributed by atoms with Crippen LogP contribution in [0.15, 0.2) is 33.7 Å². The lowest BCUT2D eigenvalue weighted by Gasteiger charge is -2.33. The van der Waals surface area contributed by atoms with Crippen LogP contribution in [0.4, 0.5) is 0 Å². The second kappa shape index (κ2) is 8.54. The number of hydrogen-bond donors (Lipinski definition) is 0. The Hall–Kier alpha value is -2.39. The molecule has 1 saturated heterocycles. The maximum absolute atomic E-state index is 12.9. The van der Waals surface area contributed by atoms with Gasteiger partial charge in [-0.25, -0.2) is 8.42 Å². The van der Waals surface area contributed by atoms with Crippen molar-refractivity contribution < 1.29 is 22.5 Å². The van der Waals surface area contributed by atoms with Crippen molar-refractivity contribution in [2.45, 2.75) is 38.5 Å². The van der Waals surface area contributed by atoms with Crippen LogP contribution in [0.2, 0.25) is 0 Å². The van der Waals surface area contributed by atoms with Crippen molar-refractivity contribution in [2.24, 2.45) is 0 Å². The highest BCUT2D eigenvalue weighted by Gasteiger charge is 2.34.